The first kappa shape index (κ1) is 24.1. The predicted octanol–water partition coefficient (Wildman–Crippen LogP) is 2.71. The number of sulfonamides is 1. The van der Waals surface area contributed by atoms with Gasteiger partial charge in [-0.05, 0) is 68.6 Å². The maximum atomic E-state index is 12.9. The molecular formula is C25H19ClN4O4S2. The summed E-state index contributed by atoms with van der Waals surface area (Å²) in [6.45, 7) is 1.95. The number of thiazole rings is 1. The van der Waals surface area contributed by atoms with E-state index in [4.69, 9.17) is 11.6 Å². The summed E-state index contributed by atoms with van der Waals surface area (Å²) in [6.07, 6.45) is 0. The Labute approximate surface area is 215 Å². The molecule has 182 valence electrons. The van der Waals surface area contributed by atoms with Crippen molar-refractivity contribution in [3.05, 3.63) is 97.6 Å². The summed E-state index contributed by atoms with van der Waals surface area (Å²) in [5.41, 5.74) is 2.39. The summed E-state index contributed by atoms with van der Waals surface area (Å²) in [5.74, 6) is -0.642. The highest BCUT2D eigenvalue weighted by molar-refractivity contribution is 7.89. The van der Waals surface area contributed by atoms with Crippen molar-refractivity contribution in [2.75, 3.05) is 7.05 Å². The van der Waals surface area contributed by atoms with E-state index in [-0.39, 0.29) is 16.3 Å². The molecule has 0 unspecified atom stereocenters. The fraction of sp³-hybridized carbons (Fsp3) is 0.0800. The predicted molar refractivity (Wildman–Crippen MR) is 138 cm³/mol. The van der Waals surface area contributed by atoms with E-state index in [1.807, 2.05) is 31.2 Å². The lowest BCUT2D eigenvalue weighted by Crippen LogP contribution is -2.22. The number of rotatable bonds is 5. The second kappa shape index (κ2) is 9.14. The molecule has 0 saturated heterocycles. The summed E-state index contributed by atoms with van der Waals surface area (Å²) < 4.78 is 27.9. The lowest BCUT2D eigenvalue weighted by atomic mass is 10.1. The van der Waals surface area contributed by atoms with Crippen LogP contribution >= 0.6 is 22.9 Å². The Bertz CT molecular complexity index is 1820. The summed E-state index contributed by atoms with van der Waals surface area (Å²) in [6, 6.07) is 18.5. The first-order valence-electron chi connectivity index (χ1n) is 10.7. The van der Waals surface area contributed by atoms with Gasteiger partial charge in [0.15, 0.2) is 4.80 Å². The lowest BCUT2D eigenvalue weighted by Gasteiger charge is -2.06. The van der Waals surface area contributed by atoms with Crippen LogP contribution in [0.5, 0.6) is 5.88 Å². The molecule has 0 spiro atoms. The molecule has 2 heterocycles. The molecule has 1 amide bonds. The second-order valence-electron chi connectivity index (χ2n) is 7.98. The first-order valence-corrected chi connectivity index (χ1v) is 13.4. The Balaban J connectivity index is 1.76. The van der Waals surface area contributed by atoms with Crippen LogP contribution in [0, 0.1) is 6.92 Å². The number of carbonyl (C=O) groups excluding carboxylic acids is 1. The van der Waals surface area contributed by atoms with Crippen molar-refractivity contribution in [2.24, 2.45) is 9.98 Å². The van der Waals surface area contributed by atoms with Gasteiger partial charge in [0.2, 0.25) is 15.9 Å². The minimum atomic E-state index is -3.59. The van der Waals surface area contributed by atoms with Gasteiger partial charge in [-0.25, -0.2) is 23.1 Å². The van der Waals surface area contributed by atoms with Gasteiger partial charge in [0, 0.05) is 10.2 Å². The van der Waals surface area contributed by atoms with Gasteiger partial charge < -0.3 is 5.11 Å². The third-order valence-corrected chi connectivity index (χ3v) is 8.34. The van der Waals surface area contributed by atoms with Gasteiger partial charge in [0.05, 0.1) is 27.2 Å². The van der Waals surface area contributed by atoms with Crippen LogP contribution in [0.3, 0.4) is 0 Å². The van der Waals surface area contributed by atoms with Crippen molar-refractivity contribution in [1.82, 2.24) is 9.29 Å². The molecular weight excluding hydrogens is 520 g/mol. The molecule has 0 bridgehead atoms. The van der Waals surface area contributed by atoms with Crippen molar-refractivity contribution >= 4 is 50.1 Å². The Kier molecular flexibility index (Phi) is 6.13. The minimum Gasteiger partial charge on any atom is -0.493 e. The number of nitrogens with one attached hydrogen (secondary N) is 1. The SMILES string of the molecule is CNS(=O)(=O)c1ccc(N=c2sc(C3=c4cc(Cl)ccc4=NC3=O)c(O)n2-c2ccc(C)cc2)cc1. The van der Waals surface area contributed by atoms with Gasteiger partial charge in [-0.3, -0.25) is 9.36 Å². The summed E-state index contributed by atoms with van der Waals surface area (Å²) >= 11 is 7.30. The Morgan fingerprint density at radius 1 is 1.06 bits per heavy atom. The molecule has 1 aliphatic heterocycles. The second-order valence-corrected chi connectivity index (χ2v) is 11.3. The standard InChI is InChI=1S/C25H19ClN4O4S2/c1-14-3-8-17(9-4-14)30-24(32)22(21-19-13-15(26)5-12-20(19)29-23(21)31)35-25(30)28-16-6-10-18(11-7-16)36(33,34)27-2/h3-13,27,32H,1-2H3. The maximum Gasteiger partial charge on any atom is 0.279 e. The lowest BCUT2D eigenvalue weighted by molar-refractivity contribution is -0.112. The zero-order valence-corrected chi connectivity index (χ0v) is 21.4. The van der Waals surface area contributed by atoms with Crippen molar-refractivity contribution in [3.8, 4) is 11.6 Å². The molecule has 1 aliphatic rings. The Hall–Kier alpha value is -3.57. The van der Waals surface area contributed by atoms with Crippen LogP contribution in [0.15, 0.2) is 81.6 Å². The molecule has 0 fully saturated rings. The van der Waals surface area contributed by atoms with Crippen molar-refractivity contribution in [1.29, 1.82) is 0 Å². The van der Waals surface area contributed by atoms with E-state index in [0.29, 0.717) is 36.7 Å². The molecule has 0 saturated carbocycles. The van der Waals surface area contributed by atoms with Crippen LogP contribution in [0.1, 0.15) is 10.4 Å². The van der Waals surface area contributed by atoms with Crippen molar-refractivity contribution < 1.29 is 18.3 Å². The average Bonchev–Trinajstić information content (AvgIpc) is 3.34. The zero-order valence-electron chi connectivity index (χ0n) is 19.1. The van der Waals surface area contributed by atoms with Crippen LogP contribution in [0.2, 0.25) is 5.02 Å². The molecule has 5 rings (SSSR count). The van der Waals surface area contributed by atoms with Crippen molar-refractivity contribution in [3.63, 3.8) is 0 Å². The Morgan fingerprint density at radius 3 is 2.42 bits per heavy atom. The van der Waals surface area contributed by atoms with Gasteiger partial charge in [-0.15, -0.1) is 0 Å². The number of aryl methyl sites for hydroxylation is 1. The fourth-order valence-electron chi connectivity index (χ4n) is 3.77. The van der Waals surface area contributed by atoms with E-state index in [1.165, 1.54) is 19.2 Å². The molecule has 0 radical (unpaired) electrons. The van der Waals surface area contributed by atoms with E-state index < -0.39 is 15.9 Å². The quantitative estimate of drug-likeness (QED) is 0.407. The number of nitrogens with zero attached hydrogens (tertiary/aromatic N) is 3. The average molecular weight is 539 g/mol. The van der Waals surface area contributed by atoms with E-state index in [9.17, 15) is 18.3 Å². The van der Waals surface area contributed by atoms with E-state index >= 15 is 0 Å². The number of hydrogen-bond acceptors (Lipinski definition) is 6. The van der Waals surface area contributed by atoms with E-state index in [0.717, 1.165) is 16.9 Å². The number of amides is 1. The molecule has 0 aliphatic carbocycles. The highest BCUT2D eigenvalue weighted by Crippen LogP contribution is 2.31. The number of carbonyl (C=O) groups is 1. The van der Waals surface area contributed by atoms with Crippen LogP contribution in [0.25, 0.3) is 11.3 Å². The van der Waals surface area contributed by atoms with Crippen LogP contribution in [0.4, 0.5) is 5.69 Å². The van der Waals surface area contributed by atoms with Crippen molar-refractivity contribution in [2.45, 2.75) is 11.8 Å². The van der Waals surface area contributed by atoms with Gasteiger partial charge in [0.1, 0.15) is 4.88 Å². The molecule has 36 heavy (non-hydrogen) atoms. The highest BCUT2D eigenvalue weighted by Gasteiger charge is 2.26. The molecule has 3 aromatic carbocycles. The third-order valence-electron chi connectivity index (χ3n) is 5.62. The normalized spacial score (nSPS) is 13.7. The topological polar surface area (TPSA) is 113 Å². The summed E-state index contributed by atoms with van der Waals surface area (Å²) in [5, 5.41) is 12.8. The third kappa shape index (κ3) is 4.28. The van der Waals surface area contributed by atoms with E-state index in [1.54, 1.807) is 34.9 Å². The number of halogens is 1. The number of benzene rings is 3. The fourth-order valence-corrected chi connectivity index (χ4v) is 5.77. The minimum absolute atomic E-state index is 0.104. The van der Waals surface area contributed by atoms with Crippen LogP contribution < -0.4 is 20.1 Å². The number of hydrogen-bond donors (Lipinski definition) is 2. The number of fused-ring (bicyclic) bond motifs is 1. The van der Waals surface area contributed by atoms with Gasteiger partial charge in [-0.1, -0.05) is 40.6 Å². The zero-order chi connectivity index (χ0) is 25.6. The molecule has 11 heteroatoms. The molecule has 0 atom stereocenters. The summed E-state index contributed by atoms with van der Waals surface area (Å²) in [4.78, 5) is 22.4. The molecule has 8 nitrogen and oxygen atoms in total. The number of aromatic nitrogens is 1. The van der Waals surface area contributed by atoms with Gasteiger partial charge in [0.25, 0.3) is 5.91 Å². The largest absolute Gasteiger partial charge is 0.493 e. The smallest absolute Gasteiger partial charge is 0.279 e. The van der Waals surface area contributed by atoms with Gasteiger partial charge >= 0.3 is 0 Å². The van der Waals surface area contributed by atoms with E-state index in [2.05, 4.69) is 14.7 Å². The summed E-state index contributed by atoms with van der Waals surface area (Å²) in [7, 11) is -2.25. The molecule has 1 aromatic heterocycles. The van der Waals surface area contributed by atoms with Gasteiger partial charge in [-0.2, -0.15) is 0 Å². The van der Waals surface area contributed by atoms with Crippen LogP contribution in [-0.2, 0) is 14.8 Å². The molecule has 2 N–H and O–H groups in total. The maximum absolute atomic E-state index is 12.9. The first-order chi connectivity index (χ1) is 17.2. The highest BCUT2D eigenvalue weighted by atomic mass is 35.5. The number of aromatic hydroxyl groups is 1. The Morgan fingerprint density at radius 2 is 1.75 bits per heavy atom. The molecule has 4 aromatic rings. The monoisotopic (exact) mass is 538 g/mol. The van der Waals surface area contributed by atoms with Crippen LogP contribution in [-0.4, -0.2) is 31.0 Å².